The summed E-state index contributed by atoms with van der Waals surface area (Å²) in [5.41, 5.74) is 4.65. The molecule has 0 spiro atoms. The van der Waals surface area contributed by atoms with Crippen LogP contribution in [0.3, 0.4) is 0 Å². The molecule has 0 amide bonds. The summed E-state index contributed by atoms with van der Waals surface area (Å²) < 4.78 is 22.1. The Labute approximate surface area is 295 Å². The molecule has 12 heteroatoms. The minimum absolute atomic E-state index is 0.0149. The second-order valence-corrected chi connectivity index (χ2v) is 13.4. The largest absolute Gasteiger partial charge is 0.491 e. The monoisotopic (exact) mass is 700 g/mol. The summed E-state index contributed by atoms with van der Waals surface area (Å²) in [7, 11) is 0. The van der Waals surface area contributed by atoms with E-state index in [2.05, 4.69) is 44.1 Å². The van der Waals surface area contributed by atoms with Crippen molar-refractivity contribution >= 4 is 34.6 Å². The molecule has 0 aliphatic carbocycles. The van der Waals surface area contributed by atoms with E-state index in [1.54, 1.807) is 35.4 Å². The third-order valence-electron chi connectivity index (χ3n) is 8.95. The van der Waals surface area contributed by atoms with E-state index in [1.807, 2.05) is 56.3 Å². The van der Waals surface area contributed by atoms with Crippen LogP contribution in [0.15, 0.2) is 102 Å². The van der Waals surface area contributed by atoms with Gasteiger partial charge in [-0.1, -0.05) is 35.3 Å². The SMILES string of the molecule is CC(C)n1ncn(-c2ccc(N3CCN(c4ccc(OCC5COC(Cc6cccnc6)(c6ccc(Cl)cc6Cl)O5)cc4)CC3)cc2)c1=O. The first kappa shape index (κ1) is 33.2. The quantitative estimate of drug-likeness (QED) is 0.163. The van der Waals surface area contributed by atoms with Gasteiger partial charge in [-0.05, 0) is 86.1 Å². The summed E-state index contributed by atoms with van der Waals surface area (Å²) in [6.07, 6.45) is 5.26. The van der Waals surface area contributed by atoms with Crippen molar-refractivity contribution in [1.82, 2.24) is 19.3 Å². The molecule has 2 atom stereocenters. The topological polar surface area (TPSA) is 86.9 Å². The van der Waals surface area contributed by atoms with Crippen molar-refractivity contribution in [1.29, 1.82) is 0 Å². The lowest BCUT2D eigenvalue weighted by Crippen LogP contribution is -2.46. The van der Waals surface area contributed by atoms with Crippen molar-refractivity contribution in [2.24, 2.45) is 0 Å². The minimum atomic E-state index is -1.08. The van der Waals surface area contributed by atoms with Gasteiger partial charge in [0.1, 0.15) is 24.8 Å². The molecule has 10 nitrogen and oxygen atoms in total. The minimum Gasteiger partial charge on any atom is -0.491 e. The van der Waals surface area contributed by atoms with Gasteiger partial charge in [-0.15, -0.1) is 0 Å². The number of pyridine rings is 1. The van der Waals surface area contributed by atoms with Crippen LogP contribution in [0.4, 0.5) is 11.4 Å². The number of nitrogens with zero attached hydrogens (tertiary/aromatic N) is 6. The van der Waals surface area contributed by atoms with Crippen molar-refractivity contribution in [3.63, 3.8) is 0 Å². The van der Waals surface area contributed by atoms with Gasteiger partial charge in [-0.2, -0.15) is 5.10 Å². The molecule has 2 unspecified atom stereocenters. The standard InChI is InChI=1S/C37H38Cl2N6O4/c1-26(2)45-36(46)44(25-41-45)31-8-6-29(7-9-31)42-16-18-43(19-17-42)30-10-12-32(13-11-30)47-23-33-24-48-37(49-33,21-27-4-3-15-40-22-27)34-14-5-28(38)20-35(34)39/h3-15,20,22,25-26,33H,16-19,21,23-24H2,1-2H3. The first-order chi connectivity index (χ1) is 23.8. The molecule has 2 aliphatic heterocycles. The van der Waals surface area contributed by atoms with Gasteiger partial charge >= 0.3 is 5.69 Å². The second-order valence-electron chi connectivity index (χ2n) is 12.6. The maximum atomic E-state index is 12.7. The fraction of sp³-hybridized carbons (Fsp3) is 0.324. The fourth-order valence-corrected chi connectivity index (χ4v) is 6.94. The van der Waals surface area contributed by atoms with Crippen LogP contribution in [0, 0.1) is 0 Å². The molecule has 5 aromatic rings. The van der Waals surface area contributed by atoms with Crippen LogP contribution in [0.2, 0.25) is 10.0 Å². The second kappa shape index (κ2) is 14.2. The highest BCUT2D eigenvalue weighted by atomic mass is 35.5. The van der Waals surface area contributed by atoms with Crippen LogP contribution >= 0.6 is 23.2 Å². The Hall–Kier alpha value is -4.35. The van der Waals surface area contributed by atoms with Crippen LogP contribution < -0.4 is 20.2 Å². The Morgan fingerprint density at radius 1 is 0.918 bits per heavy atom. The number of hydrogen-bond donors (Lipinski definition) is 0. The maximum absolute atomic E-state index is 12.7. The molecule has 0 bridgehead atoms. The highest BCUT2D eigenvalue weighted by Gasteiger charge is 2.45. The molecule has 4 heterocycles. The molecule has 3 aromatic carbocycles. The van der Waals surface area contributed by atoms with Crippen LogP contribution in [0.1, 0.15) is 31.0 Å². The summed E-state index contributed by atoms with van der Waals surface area (Å²) in [4.78, 5) is 21.7. The van der Waals surface area contributed by atoms with Crippen LogP contribution in [-0.2, 0) is 21.7 Å². The number of aromatic nitrogens is 4. The third-order valence-corrected chi connectivity index (χ3v) is 9.50. The Bertz CT molecular complexity index is 1930. The lowest BCUT2D eigenvalue weighted by Gasteiger charge is -2.37. The van der Waals surface area contributed by atoms with Crippen molar-refractivity contribution < 1.29 is 14.2 Å². The van der Waals surface area contributed by atoms with E-state index in [-0.39, 0.29) is 17.8 Å². The number of halogens is 2. The number of anilines is 2. The number of benzene rings is 3. The molecule has 0 N–H and O–H groups in total. The molecule has 254 valence electrons. The highest BCUT2D eigenvalue weighted by molar-refractivity contribution is 6.35. The van der Waals surface area contributed by atoms with Crippen molar-refractivity contribution in [2.45, 2.75) is 38.2 Å². The zero-order valence-electron chi connectivity index (χ0n) is 27.4. The third kappa shape index (κ3) is 7.19. The lowest BCUT2D eigenvalue weighted by atomic mass is 9.98. The van der Waals surface area contributed by atoms with Gasteiger partial charge < -0.3 is 24.0 Å². The highest BCUT2D eigenvalue weighted by Crippen LogP contribution is 2.41. The van der Waals surface area contributed by atoms with Gasteiger partial charge in [-0.25, -0.2) is 14.0 Å². The summed E-state index contributed by atoms with van der Waals surface area (Å²) in [5, 5.41) is 5.26. The number of ether oxygens (including phenoxy) is 3. The van der Waals surface area contributed by atoms with E-state index in [9.17, 15) is 4.79 Å². The average Bonchev–Trinajstić information content (AvgIpc) is 3.72. The van der Waals surface area contributed by atoms with Crippen molar-refractivity contribution in [3.05, 3.63) is 129 Å². The van der Waals surface area contributed by atoms with Crippen molar-refractivity contribution in [3.8, 4) is 11.4 Å². The fourth-order valence-electron chi connectivity index (χ4n) is 6.38. The Balaban J connectivity index is 0.934. The molecule has 0 radical (unpaired) electrons. The van der Waals surface area contributed by atoms with Crippen molar-refractivity contribution in [2.75, 3.05) is 49.2 Å². The Morgan fingerprint density at radius 2 is 1.59 bits per heavy atom. The van der Waals surface area contributed by atoms with E-state index in [1.165, 1.54) is 4.68 Å². The zero-order chi connectivity index (χ0) is 34.0. The van der Waals surface area contributed by atoms with Gasteiger partial charge in [0.2, 0.25) is 5.79 Å². The summed E-state index contributed by atoms with van der Waals surface area (Å²) >= 11 is 12.8. The van der Waals surface area contributed by atoms with E-state index in [0.29, 0.717) is 29.7 Å². The summed E-state index contributed by atoms with van der Waals surface area (Å²) in [5.74, 6) is -0.317. The first-order valence-corrected chi connectivity index (χ1v) is 17.2. The summed E-state index contributed by atoms with van der Waals surface area (Å²) in [6, 6.07) is 25.5. The van der Waals surface area contributed by atoms with Gasteiger partial charge in [0.15, 0.2) is 0 Å². The number of hydrogen-bond acceptors (Lipinski definition) is 8. The van der Waals surface area contributed by atoms with Crippen LogP contribution in [0.5, 0.6) is 5.75 Å². The molecular formula is C37H38Cl2N6O4. The van der Waals surface area contributed by atoms with E-state index in [4.69, 9.17) is 37.4 Å². The molecule has 49 heavy (non-hydrogen) atoms. The first-order valence-electron chi connectivity index (χ1n) is 16.4. The Kier molecular flexibility index (Phi) is 9.64. The molecule has 2 saturated heterocycles. The molecular weight excluding hydrogens is 663 g/mol. The maximum Gasteiger partial charge on any atom is 0.350 e. The molecule has 2 fully saturated rings. The predicted molar refractivity (Wildman–Crippen MR) is 191 cm³/mol. The zero-order valence-corrected chi connectivity index (χ0v) is 28.9. The molecule has 0 saturated carbocycles. The van der Waals surface area contributed by atoms with Gasteiger partial charge in [0, 0.05) is 67.0 Å². The lowest BCUT2D eigenvalue weighted by molar-refractivity contribution is -0.178. The number of piperazine rings is 1. The van der Waals surface area contributed by atoms with Gasteiger partial charge in [-0.3, -0.25) is 4.98 Å². The van der Waals surface area contributed by atoms with E-state index in [0.717, 1.165) is 60.1 Å². The molecule has 2 aromatic heterocycles. The predicted octanol–water partition coefficient (Wildman–Crippen LogP) is 6.53. The van der Waals surface area contributed by atoms with Crippen LogP contribution in [0.25, 0.3) is 5.69 Å². The van der Waals surface area contributed by atoms with E-state index < -0.39 is 5.79 Å². The van der Waals surface area contributed by atoms with Crippen LogP contribution in [-0.4, -0.2) is 64.8 Å². The molecule has 2 aliphatic rings. The summed E-state index contributed by atoms with van der Waals surface area (Å²) in [6.45, 7) is 8.13. The molecule has 7 rings (SSSR count). The normalized spacial score (nSPS) is 19.5. The van der Waals surface area contributed by atoms with E-state index >= 15 is 0 Å². The Morgan fingerprint density at radius 3 is 2.20 bits per heavy atom. The smallest absolute Gasteiger partial charge is 0.350 e. The van der Waals surface area contributed by atoms with Gasteiger partial charge in [0.25, 0.3) is 0 Å². The average molecular weight is 702 g/mol. The van der Waals surface area contributed by atoms with Gasteiger partial charge in [0.05, 0.1) is 23.4 Å². The number of rotatable bonds is 10.